The van der Waals surface area contributed by atoms with Crippen molar-refractivity contribution >= 4 is 5.78 Å². The van der Waals surface area contributed by atoms with Crippen LogP contribution in [0.3, 0.4) is 0 Å². The molecule has 0 saturated heterocycles. The van der Waals surface area contributed by atoms with Gasteiger partial charge in [-0.15, -0.1) is 0 Å². The van der Waals surface area contributed by atoms with Crippen LogP contribution in [0.2, 0.25) is 0 Å². The first-order valence-electron chi connectivity index (χ1n) is 10.4. The number of ether oxygens (including phenoxy) is 2. The van der Waals surface area contributed by atoms with Crippen molar-refractivity contribution in [2.45, 2.75) is 46.5 Å². The fourth-order valence-electron chi connectivity index (χ4n) is 3.69. The zero-order valence-electron chi connectivity index (χ0n) is 18.8. The number of rotatable bonds is 6. The van der Waals surface area contributed by atoms with Gasteiger partial charge in [-0.05, 0) is 57.7 Å². The van der Waals surface area contributed by atoms with Crippen LogP contribution in [0, 0.1) is 0 Å². The van der Waals surface area contributed by atoms with E-state index in [-0.39, 0.29) is 35.2 Å². The molecule has 1 aliphatic heterocycles. The summed E-state index contributed by atoms with van der Waals surface area (Å²) in [7, 11) is 1.63. The highest BCUT2D eigenvalue weighted by atomic mass is 16.5. The van der Waals surface area contributed by atoms with Gasteiger partial charge in [-0.1, -0.05) is 35.4 Å². The van der Waals surface area contributed by atoms with Crippen molar-refractivity contribution in [1.82, 2.24) is 0 Å². The zero-order chi connectivity index (χ0) is 22.7. The molecule has 5 nitrogen and oxygen atoms in total. The Bertz CT molecular complexity index is 1050. The number of Topliss-reactive ketones (excluding diaryl/α,β-unsaturated/α-hetero) is 1. The second kappa shape index (κ2) is 9.29. The lowest BCUT2D eigenvalue weighted by atomic mass is 9.86. The number of aromatic hydroxyl groups is 2. The molecule has 2 aromatic carbocycles. The van der Waals surface area contributed by atoms with Gasteiger partial charge in [0, 0.05) is 11.6 Å². The van der Waals surface area contributed by atoms with E-state index in [0.717, 1.165) is 22.4 Å². The highest BCUT2D eigenvalue weighted by molar-refractivity contribution is 6.07. The topological polar surface area (TPSA) is 76.0 Å². The van der Waals surface area contributed by atoms with Crippen LogP contribution in [0.4, 0.5) is 0 Å². The van der Waals surface area contributed by atoms with Crippen molar-refractivity contribution in [3.63, 3.8) is 0 Å². The van der Waals surface area contributed by atoms with E-state index in [2.05, 4.69) is 6.08 Å². The van der Waals surface area contributed by atoms with E-state index >= 15 is 0 Å². The van der Waals surface area contributed by atoms with Gasteiger partial charge in [-0.2, -0.15) is 0 Å². The molecule has 0 radical (unpaired) electrons. The molecule has 1 aliphatic rings. The summed E-state index contributed by atoms with van der Waals surface area (Å²) in [5.41, 5.74) is 4.52. The molecule has 0 saturated carbocycles. The van der Waals surface area contributed by atoms with Crippen LogP contribution in [0.1, 0.15) is 60.7 Å². The third-order valence-corrected chi connectivity index (χ3v) is 5.47. The molecule has 31 heavy (non-hydrogen) atoms. The SMILES string of the molecule is COc1ccc(C2COc3cc(O)c(CC=C(C)C)c(O)c3C2=O)cc1CC=C(C)C. The van der Waals surface area contributed by atoms with Crippen LogP contribution in [0.25, 0.3) is 0 Å². The molecule has 1 heterocycles. The molecule has 0 amide bonds. The lowest BCUT2D eigenvalue weighted by Gasteiger charge is -2.26. The summed E-state index contributed by atoms with van der Waals surface area (Å²) < 4.78 is 11.3. The summed E-state index contributed by atoms with van der Waals surface area (Å²) in [6, 6.07) is 7.12. The smallest absolute Gasteiger partial charge is 0.181 e. The summed E-state index contributed by atoms with van der Waals surface area (Å²) in [4.78, 5) is 13.4. The lowest BCUT2D eigenvalue weighted by Crippen LogP contribution is -2.26. The Morgan fingerprint density at radius 1 is 1.10 bits per heavy atom. The van der Waals surface area contributed by atoms with Crippen molar-refractivity contribution < 1.29 is 24.5 Å². The summed E-state index contributed by atoms with van der Waals surface area (Å²) in [6.07, 6.45) is 5.04. The predicted octanol–water partition coefficient (Wildman–Crippen LogP) is 5.48. The molecule has 0 bridgehead atoms. The van der Waals surface area contributed by atoms with Crippen LogP contribution in [-0.4, -0.2) is 29.7 Å². The van der Waals surface area contributed by atoms with Crippen molar-refractivity contribution in [3.05, 3.63) is 69.8 Å². The van der Waals surface area contributed by atoms with E-state index in [9.17, 15) is 15.0 Å². The Balaban J connectivity index is 2.01. The van der Waals surface area contributed by atoms with E-state index in [1.165, 1.54) is 11.6 Å². The molecule has 164 valence electrons. The third kappa shape index (κ3) is 4.76. The zero-order valence-corrected chi connectivity index (χ0v) is 18.8. The monoisotopic (exact) mass is 422 g/mol. The van der Waals surface area contributed by atoms with E-state index in [1.54, 1.807) is 7.11 Å². The summed E-state index contributed by atoms with van der Waals surface area (Å²) in [5.74, 6) is -0.0573. The van der Waals surface area contributed by atoms with Gasteiger partial charge >= 0.3 is 0 Å². The van der Waals surface area contributed by atoms with Crippen LogP contribution in [-0.2, 0) is 12.8 Å². The summed E-state index contributed by atoms with van der Waals surface area (Å²) >= 11 is 0. The van der Waals surface area contributed by atoms with Gasteiger partial charge in [0.05, 0.1) is 13.0 Å². The van der Waals surface area contributed by atoms with Gasteiger partial charge in [0.25, 0.3) is 0 Å². The second-order valence-corrected chi connectivity index (χ2v) is 8.37. The van der Waals surface area contributed by atoms with Crippen LogP contribution in [0.5, 0.6) is 23.0 Å². The number of carbonyl (C=O) groups excluding carboxylic acids is 1. The minimum Gasteiger partial charge on any atom is -0.507 e. The van der Waals surface area contributed by atoms with E-state index in [0.29, 0.717) is 18.4 Å². The number of fused-ring (bicyclic) bond motifs is 1. The van der Waals surface area contributed by atoms with Gasteiger partial charge in [0.15, 0.2) is 5.78 Å². The predicted molar refractivity (Wildman–Crippen MR) is 122 cm³/mol. The quantitative estimate of drug-likeness (QED) is 0.603. The maximum Gasteiger partial charge on any atom is 0.181 e. The normalized spacial score (nSPS) is 15.0. The largest absolute Gasteiger partial charge is 0.507 e. The van der Waals surface area contributed by atoms with Crippen LogP contribution in [0.15, 0.2) is 47.6 Å². The second-order valence-electron chi connectivity index (χ2n) is 8.37. The third-order valence-electron chi connectivity index (χ3n) is 5.47. The Morgan fingerprint density at radius 2 is 1.77 bits per heavy atom. The maximum atomic E-state index is 13.4. The number of allylic oxidation sites excluding steroid dienone is 4. The van der Waals surface area contributed by atoms with E-state index in [4.69, 9.17) is 9.47 Å². The molecule has 2 aromatic rings. The highest BCUT2D eigenvalue weighted by Gasteiger charge is 2.35. The van der Waals surface area contributed by atoms with Crippen molar-refractivity contribution in [2.75, 3.05) is 13.7 Å². The number of ketones is 1. The molecule has 0 aromatic heterocycles. The first kappa shape index (κ1) is 22.5. The van der Waals surface area contributed by atoms with Crippen LogP contribution < -0.4 is 9.47 Å². The number of methoxy groups -OCH3 is 1. The van der Waals surface area contributed by atoms with Gasteiger partial charge < -0.3 is 19.7 Å². The Hall–Kier alpha value is -3.21. The Kier molecular flexibility index (Phi) is 6.74. The van der Waals surface area contributed by atoms with Crippen molar-refractivity contribution in [1.29, 1.82) is 0 Å². The maximum absolute atomic E-state index is 13.4. The van der Waals surface area contributed by atoms with Crippen LogP contribution >= 0.6 is 0 Å². The van der Waals surface area contributed by atoms with Gasteiger partial charge in [0.1, 0.15) is 35.2 Å². The fraction of sp³-hybridized carbons (Fsp3) is 0.346. The molecule has 0 fully saturated rings. The number of hydrogen-bond acceptors (Lipinski definition) is 5. The average Bonchev–Trinajstić information content (AvgIpc) is 2.71. The Labute approximate surface area is 183 Å². The lowest BCUT2D eigenvalue weighted by molar-refractivity contribution is 0.0891. The number of phenolic OH excluding ortho intramolecular Hbond substituents is 2. The molecule has 3 rings (SSSR count). The van der Waals surface area contributed by atoms with Gasteiger partial charge in [-0.3, -0.25) is 4.79 Å². The number of carbonyl (C=O) groups is 1. The fourth-order valence-corrected chi connectivity index (χ4v) is 3.69. The summed E-state index contributed by atoms with van der Waals surface area (Å²) in [6.45, 7) is 8.10. The first-order valence-corrected chi connectivity index (χ1v) is 10.4. The van der Waals surface area contributed by atoms with Gasteiger partial charge in [-0.25, -0.2) is 0 Å². The highest BCUT2D eigenvalue weighted by Crippen LogP contribution is 2.44. The molecule has 2 N–H and O–H groups in total. The number of phenols is 2. The van der Waals surface area contributed by atoms with Crippen molar-refractivity contribution in [3.8, 4) is 23.0 Å². The molecule has 1 atom stereocenters. The molecular formula is C26H30O5. The minimum atomic E-state index is -0.546. The molecule has 5 heteroatoms. The Morgan fingerprint density at radius 3 is 2.42 bits per heavy atom. The number of hydrogen-bond donors (Lipinski definition) is 2. The molecule has 0 aliphatic carbocycles. The summed E-state index contributed by atoms with van der Waals surface area (Å²) in [5, 5.41) is 21.2. The molecule has 0 spiro atoms. The first-order chi connectivity index (χ1) is 14.7. The average molecular weight is 423 g/mol. The van der Waals surface area contributed by atoms with E-state index in [1.807, 2.05) is 52.0 Å². The molecular weight excluding hydrogens is 392 g/mol. The standard InChI is InChI=1S/C26H30O5/c1-15(2)6-8-18-12-17(9-11-22(18)30-5)20-14-31-23-13-21(27)19(10-7-16(3)4)25(28)24(23)26(20)29/h6-7,9,11-13,20,27-28H,8,10,14H2,1-5H3. The van der Waals surface area contributed by atoms with Gasteiger partial charge in [0.2, 0.25) is 0 Å². The van der Waals surface area contributed by atoms with Crippen molar-refractivity contribution in [2.24, 2.45) is 0 Å². The number of benzene rings is 2. The van der Waals surface area contributed by atoms with E-state index < -0.39 is 5.92 Å². The minimum absolute atomic E-state index is 0.0755. The molecule has 1 unspecified atom stereocenters.